The predicted molar refractivity (Wildman–Crippen MR) is 113 cm³/mol. The number of benzene rings is 2. The molecule has 148 valence electrons. The van der Waals surface area contributed by atoms with E-state index in [1.807, 2.05) is 24.3 Å². The maximum absolute atomic E-state index is 14.1. The molecule has 2 unspecified atom stereocenters. The van der Waals surface area contributed by atoms with E-state index < -0.39 is 11.7 Å². The van der Waals surface area contributed by atoms with Crippen molar-refractivity contribution in [2.45, 2.75) is 32.7 Å². The van der Waals surface area contributed by atoms with Crippen molar-refractivity contribution < 1.29 is 9.18 Å². The number of carbonyl (C=O) groups excluding carboxylic acids is 1. The van der Waals surface area contributed by atoms with E-state index in [1.54, 1.807) is 12.1 Å². The third-order valence-corrected chi connectivity index (χ3v) is 4.98. The Hall–Kier alpha value is -2.73. The van der Waals surface area contributed by atoms with Crippen LogP contribution in [-0.2, 0) is 4.79 Å². The Labute approximate surface area is 165 Å². The molecule has 28 heavy (non-hydrogen) atoms. The van der Waals surface area contributed by atoms with E-state index in [1.165, 1.54) is 12.3 Å². The highest BCUT2D eigenvalue weighted by atomic mass is 19.1. The Morgan fingerprint density at radius 2 is 1.93 bits per heavy atom. The molecule has 1 amide bonds. The lowest BCUT2D eigenvalue weighted by Crippen LogP contribution is -2.34. The molecule has 0 aliphatic carbocycles. The van der Waals surface area contributed by atoms with Gasteiger partial charge in [-0.3, -0.25) is 9.79 Å². The normalized spacial score (nSPS) is 17.0. The number of rotatable bonds is 8. The summed E-state index contributed by atoms with van der Waals surface area (Å²) in [5.41, 5.74) is 2.62. The first kappa shape index (κ1) is 20.0. The third kappa shape index (κ3) is 4.57. The zero-order valence-corrected chi connectivity index (χ0v) is 16.6. The predicted octanol–water partition coefficient (Wildman–Crippen LogP) is 4.41. The van der Waals surface area contributed by atoms with Gasteiger partial charge in [-0.1, -0.05) is 19.9 Å². The highest BCUT2D eigenvalue weighted by Gasteiger charge is 2.31. The molecule has 0 saturated heterocycles. The SMILES string of the molecule is CCN(CC)CC(C)Nc1ccc(N=CC2C(=O)Nc3cccc(F)c32)cc1. The number of hydrogen-bond acceptors (Lipinski definition) is 4. The van der Waals surface area contributed by atoms with Crippen LogP contribution in [0.3, 0.4) is 0 Å². The van der Waals surface area contributed by atoms with Crippen LogP contribution in [0.25, 0.3) is 0 Å². The van der Waals surface area contributed by atoms with Gasteiger partial charge in [-0.15, -0.1) is 0 Å². The lowest BCUT2D eigenvalue weighted by Gasteiger charge is -2.24. The molecule has 0 spiro atoms. The molecule has 0 saturated carbocycles. The van der Waals surface area contributed by atoms with Crippen molar-refractivity contribution in [3.8, 4) is 0 Å². The molecular weight excluding hydrogens is 355 g/mol. The minimum atomic E-state index is -0.705. The molecule has 2 aromatic rings. The summed E-state index contributed by atoms with van der Waals surface area (Å²) in [5.74, 6) is -1.36. The number of nitrogens with zero attached hydrogens (tertiary/aromatic N) is 2. The molecule has 1 aliphatic rings. The molecule has 6 heteroatoms. The number of amides is 1. The fraction of sp³-hybridized carbons (Fsp3) is 0.364. The molecule has 3 rings (SSSR count). The van der Waals surface area contributed by atoms with Gasteiger partial charge in [0.25, 0.3) is 0 Å². The molecule has 1 aliphatic heterocycles. The fourth-order valence-corrected chi connectivity index (χ4v) is 3.45. The van der Waals surface area contributed by atoms with Crippen LogP contribution in [-0.4, -0.2) is 42.7 Å². The van der Waals surface area contributed by atoms with Crippen LogP contribution in [0.2, 0.25) is 0 Å². The van der Waals surface area contributed by atoms with Gasteiger partial charge in [-0.2, -0.15) is 0 Å². The Morgan fingerprint density at radius 3 is 2.61 bits per heavy atom. The fourth-order valence-electron chi connectivity index (χ4n) is 3.45. The average molecular weight is 382 g/mol. The smallest absolute Gasteiger partial charge is 0.237 e. The van der Waals surface area contributed by atoms with E-state index in [0.29, 0.717) is 17.3 Å². The molecule has 0 radical (unpaired) electrons. The second-order valence-corrected chi connectivity index (χ2v) is 7.02. The van der Waals surface area contributed by atoms with Crippen molar-refractivity contribution in [3.05, 3.63) is 53.8 Å². The first-order valence-electron chi connectivity index (χ1n) is 9.74. The molecule has 0 aromatic heterocycles. The van der Waals surface area contributed by atoms with E-state index in [4.69, 9.17) is 0 Å². The van der Waals surface area contributed by atoms with Crippen molar-refractivity contribution in [3.63, 3.8) is 0 Å². The quantitative estimate of drug-likeness (QED) is 0.665. The van der Waals surface area contributed by atoms with Crippen molar-refractivity contribution >= 4 is 29.2 Å². The second kappa shape index (κ2) is 8.97. The number of carbonyl (C=O) groups is 1. The molecule has 0 fully saturated rings. The van der Waals surface area contributed by atoms with Gasteiger partial charge in [0, 0.05) is 35.7 Å². The number of anilines is 2. The molecule has 0 bridgehead atoms. The number of fused-ring (bicyclic) bond motifs is 1. The van der Waals surface area contributed by atoms with Crippen LogP contribution in [0.1, 0.15) is 32.3 Å². The molecular formula is C22H27FN4O. The molecule has 5 nitrogen and oxygen atoms in total. The van der Waals surface area contributed by atoms with Crippen LogP contribution in [0.5, 0.6) is 0 Å². The standard InChI is InChI=1S/C22H27FN4O/c1-4-27(5-2)14-15(3)25-17-11-9-16(10-12-17)24-13-18-21-19(23)7-6-8-20(21)26-22(18)28/h6-13,15,18,25H,4-5,14H2,1-3H3,(H,26,28). The van der Waals surface area contributed by atoms with E-state index >= 15 is 0 Å². The Kier molecular flexibility index (Phi) is 6.41. The summed E-state index contributed by atoms with van der Waals surface area (Å²) in [7, 11) is 0. The van der Waals surface area contributed by atoms with Crippen molar-refractivity contribution in [1.29, 1.82) is 0 Å². The van der Waals surface area contributed by atoms with E-state index in [-0.39, 0.29) is 5.91 Å². The molecule has 2 aromatic carbocycles. The Bertz CT molecular complexity index is 846. The summed E-state index contributed by atoms with van der Waals surface area (Å²) in [6.45, 7) is 9.54. The number of hydrogen-bond donors (Lipinski definition) is 2. The molecule has 1 heterocycles. The van der Waals surface area contributed by atoms with Crippen molar-refractivity contribution in [1.82, 2.24) is 4.90 Å². The number of nitrogens with one attached hydrogen (secondary N) is 2. The molecule has 2 atom stereocenters. The van der Waals surface area contributed by atoms with Crippen LogP contribution < -0.4 is 10.6 Å². The monoisotopic (exact) mass is 382 g/mol. The third-order valence-electron chi connectivity index (χ3n) is 4.98. The maximum Gasteiger partial charge on any atom is 0.237 e. The van der Waals surface area contributed by atoms with Crippen molar-refractivity contribution in [2.75, 3.05) is 30.3 Å². The summed E-state index contributed by atoms with van der Waals surface area (Å²) >= 11 is 0. The number of halogens is 1. The Morgan fingerprint density at radius 1 is 1.21 bits per heavy atom. The summed E-state index contributed by atoms with van der Waals surface area (Å²) in [6, 6.07) is 12.7. The van der Waals surface area contributed by atoms with Crippen LogP contribution in [0, 0.1) is 5.82 Å². The van der Waals surface area contributed by atoms with Gasteiger partial charge in [-0.05, 0) is 56.4 Å². The summed E-state index contributed by atoms with van der Waals surface area (Å²) in [4.78, 5) is 18.9. The lowest BCUT2D eigenvalue weighted by molar-refractivity contribution is -0.115. The van der Waals surface area contributed by atoms with Crippen LogP contribution in [0.15, 0.2) is 47.5 Å². The maximum atomic E-state index is 14.1. The summed E-state index contributed by atoms with van der Waals surface area (Å²) in [5, 5.41) is 6.18. The van der Waals surface area contributed by atoms with Gasteiger partial charge in [0.15, 0.2) is 0 Å². The first-order valence-corrected chi connectivity index (χ1v) is 9.74. The van der Waals surface area contributed by atoms with Gasteiger partial charge in [-0.25, -0.2) is 4.39 Å². The zero-order valence-electron chi connectivity index (χ0n) is 16.6. The van der Waals surface area contributed by atoms with Crippen LogP contribution in [0.4, 0.5) is 21.5 Å². The van der Waals surface area contributed by atoms with Gasteiger partial charge in [0.1, 0.15) is 11.7 Å². The largest absolute Gasteiger partial charge is 0.381 e. The minimum Gasteiger partial charge on any atom is -0.381 e. The van der Waals surface area contributed by atoms with E-state index in [0.717, 1.165) is 31.0 Å². The van der Waals surface area contributed by atoms with Crippen molar-refractivity contribution in [2.24, 2.45) is 4.99 Å². The van der Waals surface area contributed by atoms with E-state index in [2.05, 4.69) is 41.3 Å². The average Bonchev–Trinajstić information content (AvgIpc) is 3.02. The summed E-state index contributed by atoms with van der Waals surface area (Å²) < 4.78 is 14.1. The van der Waals surface area contributed by atoms with Gasteiger partial charge in [0.2, 0.25) is 5.91 Å². The van der Waals surface area contributed by atoms with Gasteiger partial charge in [0.05, 0.1) is 5.69 Å². The zero-order chi connectivity index (χ0) is 20.1. The first-order chi connectivity index (χ1) is 13.5. The molecule has 2 N–H and O–H groups in total. The lowest BCUT2D eigenvalue weighted by atomic mass is 10.0. The Balaban J connectivity index is 1.64. The highest BCUT2D eigenvalue weighted by Crippen LogP contribution is 2.33. The summed E-state index contributed by atoms with van der Waals surface area (Å²) in [6.07, 6.45) is 1.51. The van der Waals surface area contributed by atoms with Crippen LogP contribution >= 0.6 is 0 Å². The van der Waals surface area contributed by atoms with Gasteiger partial charge >= 0.3 is 0 Å². The van der Waals surface area contributed by atoms with Gasteiger partial charge < -0.3 is 15.5 Å². The number of likely N-dealkylation sites (N-methyl/N-ethyl adjacent to an activating group) is 1. The minimum absolute atomic E-state index is 0.257. The number of aliphatic imine (C=N–C) groups is 1. The highest BCUT2D eigenvalue weighted by molar-refractivity contribution is 6.12. The second-order valence-electron chi connectivity index (χ2n) is 7.02. The topological polar surface area (TPSA) is 56.7 Å². The van der Waals surface area contributed by atoms with E-state index in [9.17, 15) is 9.18 Å².